The lowest BCUT2D eigenvalue weighted by molar-refractivity contribution is -0.123. The molecule has 1 aliphatic rings. The predicted octanol–water partition coefficient (Wildman–Crippen LogP) is 2.26. The number of hydrogen-bond donors (Lipinski definition) is 2. The van der Waals surface area contributed by atoms with Gasteiger partial charge in [0.2, 0.25) is 5.91 Å². The van der Waals surface area contributed by atoms with Gasteiger partial charge in [-0.2, -0.15) is 0 Å². The van der Waals surface area contributed by atoms with Crippen molar-refractivity contribution in [2.75, 3.05) is 20.2 Å². The van der Waals surface area contributed by atoms with E-state index in [1.165, 1.54) is 0 Å². The molecule has 1 saturated heterocycles. The number of benzene rings is 1. The fourth-order valence-corrected chi connectivity index (χ4v) is 2.49. The lowest BCUT2D eigenvalue weighted by Crippen LogP contribution is -2.45. The number of ether oxygens (including phenoxy) is 1. The molecule has 5 heteroatoms. The van der Waals surface area contributed by atoms with Crippen molar-refractivity contribution < 1.29 is 9.53 Å². The second-order valence-electron chi connectivity index (χ2n) is 5.98. The van der Waals surface area contributed by atoms with E-state index in [2.05, 4.69) is 30.5 Å². The van der Waals surface area contributed by atoms with E-state index in [1.807, 2.05) is 18.2 Å². The minimum absolute atomic E-state index is 0. The third-order valence-corrected chi connectivity index (χ3v) is 3.93. The molecule has 0 spiro atoms. The highest BCUT2D eigenvalue weighted by Gasteiger charge is 2.26. The van der Waals surface area contributed by atoms with Gasteiger partial charge in [-0.25, -0.2) is 0 Å². The molecule has 1 unspecified atom stereocenters. The van der Waals surface area contributed by atoms with Crippen molar-refractivity contribution in [2.45, 2.75) is 38.1 Å². The molecule has 0 aromatic heterocycles. The van der Waals surface area contributed by atoms with Gasteiger partial charge in [-0.15, -0.1) is 12.4 Å². The summed E-state index contributed by atoms with van der Waals surface area (Å²) in [5.41, 5.74) is 1.04. The van der Waals surface area contributed by atoms with E-state index in [9.17, 15) is 4.79 Å². The Morgan fingerprint density at radius 1 is 1.48 bits per heavy atom. The Balaban J connectivity index is 0.00000220. The first-order valence-corrected chi connectivity index (χ1v) is 7.18. The minimum atomic E-state index is -0.122. The van der Waals surface area contributed by atoms with Gasteiger partial charge in [-0.1, -0.05) is 26.0 Å². The Hall–Kier alpha value is -1.26. The fraction of sp³-hybridized carbons (Fsp3) is 0.562. The average Bonchev–Trinajstić information content (AvgIpc) is 2.99. The molecule has 0 saturated carbocycles. The topological polar surface area (TPSA) is 50.4 Å². The van der Waals surface area contributed by atoms with E-state index in [4.69, 9.17) is 4.74 Å². The Labute approximate surface area is 133 Å². The molecule has 1 aromatic rings. The molecule has 118 valence electrons. The van der Waals surface area contributed by atoms with Crippen LogP contribution in [0.1, 0.15) is 32.3 Å². The molecule has 1 amide bonds. The van der Waals surface area contributed by atoms with Gasteiger partial charge in [-0.05, 0) is 37.1 Å². The number of carbonyl (C=O) groups is 1. The zero-order valence-electron chi connectivity index (χ0n) is 12.9. The number of methoxy groups -OCH3 is 1. The second-order valence-corrected chi connectivity index (χ2v) is 5.98. The molecule has 0 bridgehead atoms. The maximum atomic E-state index is 12.0. The van der Waals surface area contributed by atoms with E-state index >= 15 is 0 Å². The van der Waals surface area contributed by atoms with E-state index in [0.717, 1.165) is 30.7 Å². The Bertz CT molecular complexity index is 471. The quantitative estimate of drug-likeness (QED) is 0.877. The zero-order valence-corrected chi connectivity index (χ0v) is 13.8. The molecular weight excluding hydrogens is 288 g/mol. The molecular formula is C16H25ClN2O2. The van der Waals surface area contributed by atoms with Crippen molar-refractivity contribution in [1.29, 1.82) is 0 Å². The molecule has 1 fully saturated rings. The van der Waals surface area contributed by atoms with Crippen molar-refractivity contribution in [3.05, 3.63) is 29.8 Å². The number of carbonyl (C=O) groups excluding carboxylic acids is 1. The summed E-state index contributed by atoms with van der Waals surface area (Å²) in [5.74, 6) is 0.956. The Kier molecular flexibility index (Phi) is 6.49. The summed E-state index contributed by atoms with van der Waals surface area (Å²) in [4.78, 5) is 12.0. The van der Waals surface area contributed by atoms with Crippen molar-refractivity contribution in [3.63, 3.8) is 0 Å². The van der Waals surface area contributed by atoms with Crippen LogP contribution in [0.25, 0.3) is 0 Å². The summed E-state index contributed by atoms with van der Waals surface area (Å²) >= 11 is 0. The summed E-state index contributed by atoms with van der Waals surface area (Å²) in [6.45, 7) is 5.82. The number of amides is 1. The van der Waals surface area contributed by atoms with Crippen molar-refractivity contribution in [3.8, 4) is 5.75 Å². The number of halogens is 1. The van der Waals surface area contributed by atoms with Crippen LogP contribution >= 0.6 is 12.4 Å². The average molecular weight is 313 g/mol. The van der Waals surface area contributed by atoms with Crippen LogP contribution in [0.3, 0.4) is 0 Å². The lowest BCUT2D eigenvalue weighted by Gasteiger charge is -2.26. The molecule has 1 atom stereocenters. The standard InChI is InChI=1S/C16H24N2O2.ClH/c1-16(2,12-6-4-7-13(10-12)20-3)11-18-15(19)14-8-5-9-17-14;/h4,6-7,10,14,17H,5,8-9,11H2,1-3H3,(H,18,19);1H. The molecule has 0 radical (unpaired) electrons. The van der Waals surface area contributed by atoms with Crippen molar-refractivity contribution in [2.24, 2.45) is 0 Å². The van der Waals surface area contributed by atoms with Crippen LogP contribution in [0, 0.1) is 0 Å². The highest BCUT2D eigenvalue weighted by atomic mass is 35.5. The molecule has 1 aliphatic heterocycles. The lowest BCUT2D eigenvalue weighted by atomic mass is 9.84. The van der Waals surface area contributed by atoms with Gasteiger partial charge in [0.25, 0.3) is 0 Å². The molecule has 4 nitrogen and oxygen atoms in total. The van der Waals surface area contributed by atoms with Gasteiger partial charge >= 0.3 is 0 Å². The number of hydrogen-bond acceptors (Lipinski definition) is 3. The zero-order chi connectivity index (χ0) is 14.6. The molecule has 2 rings (SSSR count). The molecule has 1 aromatic carbocycles. The highest BCUT2D eigenvalue weighted by molar-refractivity contribution is 5.85. The molecule has 2 N–H and O–H groups in total. The SMILES string of the molecule is COc1cccc(C(C)(C)CNC(=O)C2CCCN2)c1.Cl. The van der Waals surface area contributed by atoms with E-state index in [1.54, 1.807) is 7.11 Å². The maximum Gasteiger partial charge on any atom is 0.237 e. The highest BCUT2D eigenvalue weighted by Crippen LogP contribution is 2.25. The predicted molar refractivity (Wildman–Crippen MR) is 87.3 cm³/mol. The summed E-state index contributed by atoms with van der Waals surface area (Å²) in [6, 6.07) is 8.00. The van der Waals surface area contributed by atoms with Crippen LogP contribution in [0.5, 0.6) is 5.75 Å². The minimum Gasteiger partial charge on any atom is -0.497 e. The van der Waals surface area contributed by atoms with Crippen molar-refractivity contribution in [1.82, 2.24) is 10.6 Å². The first-order valence-electron chi connectivity index (χ1n) is 7.18. The van der Waals surface area contributed by atoms with Gasteiger partial charge in [0, 0.05) is 12.0 Å². The normalized spacial score (nSPS) is 18.0. The second kappa shape index (κ2) is 7.66. The molecule has 1 heterocycles. The van der Waals surface area contributed by atoms with Crippen LogP contribution in [-0.2, 0) is 10.2 Å². The fourth-order valence-electron chi connectivity index (χ4n) is 2.49. The van der Waals surface area contributed by atoms with Gasteiger partial charge in [0.05, 0.1) is 13.2 Å². The third-order valence-electron chi connectivity index (χ3n) is 3.93. The van der Waals surface area contributed by atoms with Crippen LogP contribution < -0.4 is 15.4 Å². The largest absolute Gasteiger partial charge is 0.497 e. The smallest absolute Gasteiger partial charge is 0.237 e. The third kappa shape index (κ3) is 4.61. The van der Waals surface area contributed by atoms with Gasteiger partial charge in [0.1, 0.15) is 5.75 Å². The van der Waals surface area contributed by atoms with Crippen molar-refractivity contribution >= 4 is 18.3 Å². The van der Waals surface area contributed by atoms with Crippen LogP contribution in [0.4, 0.5) is 0 Å². The van der Waals surface area contributed by atoms with Crippen LogP contribution in [0.15, 0.2) is 24.3 Å². The summed E-state index contributed by atoms with van der Waals surface area (Å²) < 4.78 is 5.26. The molecule has 0 aliphatic carbocycles. The molecule has 21 heavy (non-hydrogen) atoms. The maximum absolute atomic E-state index is 12.0. The van der Waals surface area contributed by atoms with Gasteiger partial charge < -0.3 is 15.4 Å². The van der Waals surface area contributed by atoms with Gasteiger partial charge in [0.15, 0.2) is 0 Å². The number of rotatable bonds is 5. The Morgan fingerprint density at radius 3 is 2.86 bits per heavy atom. The summed E-state index contributed by atoms with van der Waals surface area (Å²) in [5, 5.41) is 6.28. The van der Waals surface area contributed by atoms with E-state index in [0.29, 0.717) is 6.54 Å². The summed E-state index contributed by atoms with van der Waals surface area (Å²) in [6.07, 6.45) is 2.02. The first kappa shape index (κ1) is 17.8. The van der Waals surface area contributed by atoms with Crippen LogP contribution in [0.2, 0.25) is 0 Å². The van der Waals surface area contributed by atoms with Crippen LogP contribution in [-0.4, -0.2) is 32.1 Å². The van der Waals surface area contributed by atoms with Gasteiger partial charge in [-0.3, -0.25) is 4.79 Å². The van der Waals surface area contributed by atoms with E-state index < -0.39 is 0 Å². The Morgan fingerprint density at radius 2 is 2.24 bits per heavy atom. The number of nitrogens with one attached hydrogen (secondary N) is 2. The van der Waals surface area contributed by atoms with E-state index in [-0.39, 0.29) is 29.8 Å². The first-order chi connectivity index (χ1) is 9.53. The summed E-state index contributed by atoms with van der Waals surface area (Å²) in [7, 11) is 1.67. The monoisotopic (exact) mass is 312 g/mol.